The van der Waals surface area contributed by atoms with Crippen LogP contribution in [0.25, 0.3) is 10.9 Å². The Morgan fingerprint density at radius 3 is 2.81 bits per heavy atom. The highest BCUT2D eigenvalue weighted by Gasteiger charge is 2.29. The van der Waals surface area contributed by atoms with Crippen molar-refractivity contribution < 1.29 is 13.2 Å². The molecule has 1 saturated heterocycles. The molecular formula is C20H29N3O3S. The second-order valence-electron chi connectivity index (χ2n) is 7.35. The lowest BCUT2D eigenvalue weighted by atomic mass is 10.00. The van der Waals surface area contributed by atoms with Crippen molar-refractivity contribution in [2.24, 2.45) is 0 Å². The Labute approximate surface area is 161 Å². The minimum absolute atomic E-state index is 0.0717. The van der Waals surface area contributed by atoms with Crippen molar-refractivity contribution in [2.75, 3.05) is 25.9 Å². The first-order valence-electron chi connectivity index (χ1n) is 9.69. The number of para-hydroxylation sites is 1. The SMILES string of the molecule is CCC1CCCCN1C(=O)CN(CCc1c[nH]c2ccccc12)S(C)(=O)=O. The summed E-state index contributed by atoms with van der Waals surface area (Å²) in [5.74, 6) is -0.0779. The first-order valence-corrected chi connectivity index (χ1v) is 11.5. The van der Waals surface area contributed by atoms with Gasteiger partial charge in [-0.15, -0.1) is 0 Å². The topological polar surface area (TPSA) is 73.5 Å². The maximum atomic E-state index is 12.8. The minimum Gasteiger partial charge on any atom is -0.361 e. The zero-order valence-corrected chi connectivity index (χ0v) is 17.0. The van der Waals surface area contributed by atoms with E-state index in [0.717, 1.165) is 48.7 Å². The van der Waals surface area contributed by atoms with Gasteiger partial charge in [0, 0.05) is 36.2 Å². The van der Waals surface area contributed by atoms with Crippen molar-refractivity contribution in [3.63, 3.8) is 0 Å². The fourth-order valence-electron chi connectivity index (χ4n) is 3.94. The van der Waals surface area contributed by atoms with Crippen molar-refractivity contribution in [3.05, 3.63) is 36.0 Å². The van der Waals surface area contributed by atoms with Gasteiger partial charge in [0.25, 0.3) is 0 Å². The van der Waals surface area contributed by atoms with Crippen molar-refractivity contribution in [3.8, 4) is 0 Å². The second-order valence-corrected chi connectivity index (χ2v) is 9.33. The summed E-state index contributed by atoms with van der Waals surface area (Å²) >= 11 is 0. The van der Waals surface area contributed by atoms with Crippen LogP contribution in [0.3, 0.4) is 0 Å². The van der Waals surface area contributed by atoms with Gasteiger partial charge in [-0.2, -0.15) is 4.31 Å². The van der Waals surface area contributed by atoms with E-state index >= 15 is 0 Å². The number of aromatic amines is 1. The molecule has 1 fully saturated rings. The van der Waals surface area contributed by atoms with Gasteiger partial charge in [-0.1, -0.05) is 25.1 Å². The summed E-state index contributed by atoms with van der Waals surface area (Å²) in [6, 6.07) is 8.20. The number of piperidine rings is 1. The molecule has 0 bridgehead atoms. The fourth-order valence-corrected chi connectivity index (χ4v) is 4.71. The van der Waals surface area contributed by atoms with Crippen LogP contribution in [-0.4, -0.2) is 60.4 Å². The highest BCUT2D eigenvalue weighted by atomic mass is 32.2. The number of benzene rings is 1. The molecule has 1 atom stereocenters. The number of hydrogen-bond acceptors (Lipinski definition) is 3. The number of carbonyl (C=O) groups excluding carboxylic acids is 1. The van der Waals surface area contributed by atoms with Crippen LogP contribution in [0.15, 0.2) is 30.5 Å². The molecule has 1 aromatic carbocycles. The summed E-state index contributed by atoms with van der Waals surface area (Å²) in [6.07, 6.45) is 7.74. The number of likely N-dealkylation sites (tertiary alicyclic amines) is 1. The maximum absolute atomic E-state index is 12.8. The molecule has 7 heteroatoms. The van der Waals surface area contributed by atoms with E-state index in [9.17, 15) is 13.2 Å². The van der Waals surface area contributed by atoms with E-state index in [1.54, 1.807) is 0 Å². The zero-order chi connectivity index (χ0) is 19.4. The molecule has 6 nitrogen and oxygen atoms in total. The van der Waals surface area contributed by atoms with Gasteiger partial charge in [-0.3, -0.25) is 4.79 Å². The first kappa shape index (κ1) is 19.9. The van der Waals surface area contributed by atoms with Crippen molar-refractivity contribution in [1.29, 1.82) is 0 Å². The number of nitrogens with zero attached hydrogens (tertiary/aromatic N) is 2. The van der Waals surface area contributed by atoms with Gasteiger partial charge < -0.3 is 9.88 Å². The van der Waals surface area contributed by atoms with E-state index in [2.05, 4.69) is 11.9 Å². The van der Waals surface area contributed by atoms with E-state index in [0.29, 0.717) is 13.0 Å². The number of hydrogen-bond donors (Lipinski definition) is 1. The molecule has 0 spiro atoms. The van der Waals surface area contributed by atoms with E-state index in [1.165, 1.54) is 10.6 Å². The van der Waals surface area contributed by atoms with Crippen LogP contribution in [0, 0.1) is 0 Å². The molecule has 3 rings (SSSR count). The molecular weight excluding hydrogens is 362 g/mol. The van der Waals surface area contributed by atoms with Gasteiger partial charge in [0.2, 0.25) is 15.9 Å². The highest BCUT2D eigenvalue weighted by Crippen LogP contribution is 2.21. The Hall–Kier alpha value is -1.86. The summed E-state index contributed by atoms with van der Waals surface area (Å²) in [4.78, 5) is 17.9. The Kier molecular flexibility index (Phi) is 6.22. The third-order valence-electron chi connectivity index (χ3n) is 5.50. The number of aromatic nitrogens is 1. The van der Waals surface area contributed by atoms with Crippen LogP contribution in [0.5, 0.6) is 0 Å². The highest BCUT2D eigenvalue weighted by molar-refractivity contribution is 7.88. The molecule has 0 radical (unpaired) electrons. The molecule has 1 N–H and O–H groups in total. The normalized spacial score (nSPS) is 18.3. The monoisotopic (exact) mass is 391 g/mol. The van der Waals surface area contributed by atoms with Crippen molar-refractivity contribution >= 4 is 26.8 Å². The minimum atomic E-state index is -3.45. The number of H-pyrrole nitrogens is 1. The van der Waals surface area contributed by atoms with Gasteiger partial charge >= 0.3 is 0 Å². The fraction of sp³-hybridized carbons (Fsp3) is 0.550. The van der Waals surface area contributed by atoms with Crippen LogP contribution >= 0.6 is 0 Å². The number of fused-ring (bicyclic) bond motifs is 1. The van der Waals surface area contributed by atoms with E-state index in [4.69, 9.17) is 0 Å². The summed E-state index contributed by atoms with van der Waals surface area (Å²) in [7, 11) is -3.45. The molecule has 1 unspecified atom stereocenters. The van der Waals surface area contributed by atoms with Gasteiger partial charge in [0.05, 0.1) is 12.8 Å². The summed E-state index contributed by atoms with van der Waals surface area (Å²) in [5.41, 5.74) is 2.10. The van der Waals surface area contributed by atoms with Crippen LogP contribution in [-0.2, 0) is 21.2 Å². The number of amides is 1. The summed E-state index contributed by atoms with van der Waals surface area (Å²) in [5, 5.41) is 1.10. The van der Waals surface area contributed by atoms with Crippen molar-refractivity contribution in [2.45, 2.75) is 45.1 Å². The molecule has 0 saturated carbocycles. The smallest absolute Gasteiger partial charge is 0.238 e. The summed E-state index contributed by atoms with van der Waals surface area (Å²) in [6.45, 7) is 3.05. The van der Waals surface area contributed by atoms with Crippen LogP contribution in [0.2, 0.25) is 0 Å². The Bertz CT molecular complexity index is 891. The predicted octanol–water partition coefficient (Wildman–Crippen LogP) is 2.76. The third-order valence-corrected chi connectivity index (χ3v) is 6.75. The second kappa shape index (κ2) is 8.44. The number of sulfonamides is 1. The number of nitrogens with one attached hydrogen (secondary N) is 1. The zero-order valence-electron chi connectivity index (χ0n) is 16.1. The van der Waals surface area contributed by atoms with Crippen LogP contribution in [0.1, 0.15) is 38.2 Å². The average molecular weight is 392 g/mol. The largest absolute Gasteiger partial charge is 0.361 e. The van der Waals surface area contributed by atoms with Crippen LogP contribution in [0.4, 0.5) is 0 Å². The lowest BCUT2D eigenvalue weighted by molar-refractivity contribution is -0.135. The standard InChI is InChI=1S/C20H29N3O3S/c1-3-17-8-6-7-12-23(17)20(24)15-22(27(2,25)26)13-11-16-14-21-19-10-5-4-9-18(16)19/h4-5,9-10,14,17,21H,3,6-8,11-13,15H2,1-2H3. The molecule has 2 aromatic rings. The Balaban J connectivity index is 1.70. The van der Waals surface area contributed by atoms with E-state index < -0.39 is 10.0 Å². The van der Waals surface area contributed by atoms with Gasteiger partial charge in [0.15, 0.2) is 0 Å². The molecule has 1 aliphatic rings. The van der Waals surface area contributed by atoms with Gasteiger partial charge in [-0.05, 0) is 43.7 Å². The quantitative estimate of drug-likeness (QED) is 0.789. The average Bonchev–Trinajstić information content (AvgIpc) is 3.07. The predicted molar refractivity (Wildman–Crippen MR) is 108 cm³/mol. The molecule has 27 heavy (non-hydrogen) atoms. The Morgan fingerprint density at radius 1 is 1.30 bits per heavy atom. The number of rotatable bonds is 7. The van der Waals surface area contributed by atoms with Crippen LogP contribution < -0.4 is 0 Å². The first-order chi connectivity index (χ1) is 12.9. The van der Waals surface area contributed by atoms with E-state index in [-0.39, 0.29) is 18.5 Å². The molecule has 148 valence electrons. The van der Waals surface area contributed by atoms with Gasteiger partial charge in [-0.25, -0.2) is 8.42 Å². The van der Waals surface area contributed by atoms with Crippen molar-refractivity contribution in [1.82, 2.24) is 14.2 Å². The molecule has 2 heterocycles. The molecule has 0 aliphatic carbocycles. The molecule has 1 aliphatic heterocycles. The summed E-state index contributed by atoms with van der Waals surface area (Å²) < 4.78 is 25.9. The maximum Gasteiger partial charge on any atom is 0.238 e. The molecule has 1 aromatic heterocycles. The molecule has 1 amide bonds. The third kappa shape index (κ3) is 4.71. The lowest BCUT2D eigenvalue weighted by Crippen LogP contribution is -2.49. The number of carbonyl (C=O) groups is 1. The van der Waals surface area contributed by atoms with Gasteiger partial charge in [0.1, 0.15) is 0 Å². The van der Waals surface area contributed by atoms with E-state index in [1.807, 2.05) is 35.4 Å². The Morgan fingerprint density at radius 2 is 2.07 bits per heavy atom. The lowest BCUT2D eigenvalue weighted by Gasteiger charge is -2.36.